The van der Waals surface area contributed by atoms with Crippen molar-refractivity contribution in [2.45, 2.75) is 19.4 Å². The first kappa shape index (κ1) is 14.7. The van der Waals surface area contributed by atoms with Crippen molar-refractivity contribution in [3.05, 3.63) is 53.4 Å². The van der Waals surface area contributed by atoms with Crippen LogP contribution in [0.2, 0.25) is 0 Å². The first-order valence-corrected chi connectivity index (χ1v) is 9.33. The van der Waals surface area contributed by atoms with Crippen LogP contribution in [0.1, 0.15) is 17.7 Å². The van der Waals surface area contributed by atoms with E-state index in [1.807, 2.05) is 0 Å². The minimum atomic E-state index is 0.183. The van der Waals surface area contributed by atoms with E-state index in [2.05, 4.69) is 64.0 Å². The first-order valence-electron chi connectivity index (χ1n) is 8.51. The van der Waals surface area contributed by atoms with Gasteiger partial charge in [0.15, 0.2) is 0 Å². The van der Waals surface area contributed by atoms with Crippen LogP contribution in [0.25, 0.3) is 32.2 Å². The summed E-state index contributed by atoms with van der Waals surface area (Å²) in [6, 6.07) is 16.9. The van der Waals surface area contributed by atoms with Crippen molar-refractivity contribution in [2.75, 3.05) is 0 Å². The van der Waals surface area contributed by atoms with E-state index in [9.17, 15) is 4.79 Å². The molecule has 0 unspecified atom stereocenters. The molecule has 0 radical (unpaired) electrons. The van der Waals surface area contributed by atoms with Crippen LogP contribution in [0.15, 0.2) is 48.5 Å². The lowest BCUT2D eigenvalue weighted by Crippen LogP contribution is -2.23. The third kappa shape index (κ3) is 2.70. The van der Waals surface area contributed by atoms with Gasteiger partial charge in [-0.15, -0.1) is 11.3 Å². The zero-order valence-electron chi connectivity index (χ0n) is 13.6. The molecular formula is C20H17N3OS. The molecule has 5 heteroatoms. The molecule has 1 saturated carbocycles. The summed E-state index contributed by atoms with van der Waals surface area (Å²) in [6.07, 6.45) is 2.07. The number of fused-ring (bicyclic) bond motifs is 2. The lowest BCUT2D eigenvalue weighted by Gasteiger charge is -2.02. The molecule has 2 heterocycles. The van der Waals surface area contributed by atoms with Crippen LogP contribution in [0.5, 0.6) is 0 Å². The Morgan fingerprint density at radius 1 is 1.16 bits per heavy atom. The van der Waals surface area contributed by atoms with Gasteiger partial charge in [-0.3, -0.25) is 9.89 Å². The molecule has 2 N–H and O–H groups in total. The van der Waals surface area contributed by atoms with Crippen LogP contribution in [0, 0.1) is 5.92 Å². The van der Waals surface area contributed by atoms with Gasteiger partial charge in [0, 0.05) is 21.7 Å². The summed E-state index contributed by atoms with van der Waals surface area (Å²) in [6.45, 7) is 0.591. The molecule has 1 aliphatic carbocycles. The molecule has 2 aromatic heterocycles. The minimum absolute atomic E-state index is 0.183. The molecule has 0 saturated heterocycles. The maximum atomic E-state index is 11.8. The Balaban J connectivity index is 1.46. The van der Waals surface area contributed by atoms with E-state index in [4.69, 9.17) is 0 Å². The summed E-state index contributed by atoms with van der Waals surface area (Å²) in [5, 5.41) is 14.2. The lowest BCUT2D eigenvalue weighted by atomic mass is 10.0. The quantitative estimate of drug-likeness (QED) is 0.572. The van der Waals surface area contributed by atoms with Crippen molar-refractivity contribution >= 4 is 38.2 Å². The predicted molar refractivity (Wildman–Crippen MR) is 101 cm³/mol. The number of aromatic amines is 1. The van der Waals surface area contributed by atoms with Gasteiger partial charge in [-0.05, 0) is 35.7 Å². The number of benzene rings is 2. The number of H-pyrrole nitrogens is 1. The number of hydrogen-bond acceptors (Lipinski definition) is 3. The van der Waals surface area contributed by atoms with Crippen molar-refractivity contribution in [3.63, 3.8) is 0 Å². The van der Waals surface area contributed by atoms with Crippen molar-refractivity contribution in [1.82, 2.24) is 15.5 Å². The Kier molecular flexibility index (Phi) is 3.35. The van der Waals surface area contributed by atoms with E-state index in [0.29, 0.717) is 6.54 Å². The highest BCUT2D eigenvalue weighted by molar-refractivity contribution is 7.18. The van der Waals surface area contributed by atoms with Crippen LogP contribution in [0.3, 0.4) is 0 Å². The lowest BCUT2D eigenvalue weighted by molar-refractivity contribution is -0.122. The number of aromatic nitrogens is 2. The number of hydrogen-bond donors (Lipinski definition) is 2. The van der Waals surface area contributed by atoms with E-state index in [-0.39, 0.29) is 11.8 Å². The average molecular weight is 347 g/mol. The van der Waals surface area contributed by atoms with Crippen molar-refractivity contribution in [1.29, 1.82) is 0 Å². The van der Waals surface area contributed by atoms with E-state index in [1.165, 1.54) is 10.8 Å². The molecular weight excluding hydrogens is 330 g/mol. The van der Waals surface area contributed by atoms with Gasteiger partial charge in [0.25, 0.3) is 0 Å². The molecule has 4 nitrogen and oxygen atoms in total. The number of carbonyl (C=O) groups is 1. The number of rotatable bonds is 4. The molecule has 25 heavy (non-hydrogen) atoms. The summed E-state index contributed by atoms with van der Waals surface area (Å²) in [5.41, 5.74) is 2.17. The standard InChI is InChI=1S/C20H17N3OS/c24-19(13-6-7-13)21-11-16-10-17-18(22-23-20(17)25-16)15-8-5-12-3-1-2-4-14(12)9-15/h1-5,8-10,13H,6-7,11H2,(H,21,24)(H,22,23). The molecule has 0 spiro atoms. The Labute approximate surface area is 148 Å². The van der Waals surface area contributed by atoms with Crippen molar-refractivity contribution in [3.8, 4) is 11.3 Å². The zero-order valence-corrected chi connectivity index (χ0v) is 14.4. The number of carbonyl (C=O) groups excluding carboxylic acids is 1. The third-order valence-corrected chi connectivity index (χ3v) is 5.75. The highest BCUT2D eigenvalue weighted by Crippen LogP contribution is 2.34. The van der Waals surface area contributed by atoms with Gasteiger partial charge < -0.3 is 5.32 Å². The van der Waals surface area contributed by atoms with Crippen LogP contribution >= 0.6 is 11.3 Å². The Hall–Kier alpha value is -2.66. The van der Waals surface area contributed by atoms with Crippen LogP contribution in [-0.4, -0.2) is 16.1 Å². The molecule has 124 valence electrons. The SMILES string of the molecule is O=C(NCc1cc2c(-c3ccc4ccccc4c3)[nH]nc2s1)C1CC1. The molecule has 1 fully saturated rings. The highest BCUT2D eigenvalue weighted by Gasteiger charge is 2.29. The van der Waals surface area contributed by atoms with Gasteiger partial charge in [-0.1, -0.05) is 36.4 Å². The number of thiophene rings is 1. The minimum Gasteiger partial charge on any atom is -0.351 e. The number of amides is 1. The van der Waals surface area contributed by atoms with Gasteiger partial charge in [-0.2, -0.15) is 5.10 Å². The van der Waals surface area contributed by atoms with Gasteiger partial charge in [0.2, 0.25) is 5.91 Å². The fourth-order valence-corrected chi connectivity index (χ4v) is 4.11. The molecule has 0 aliphatic heterocycles. The zero-order chi connectivity index (χ0) is 16.8. The van der Waals surface area contributed by atoms with Crippen LogP contribution in [-0.2, 0) is 11.3 Å². The van der Waals surface area contributed by atoms with E-state index in [0.717, 1.165) is 39.2 Å². The predicted octanol–water partition coefficient (Wildman–Crippen LogP) is 4.47. The highest BCUT2D eigenvalue weighted by atomic mass is 32.1. The fraction of sp³-hybridized carbons (Fsp3) is 0.200. The number of nitrogens with zero attached hydrogens (tertiary/aromatic N) is 1. The number of nitrogens with one attached hydrogen (secondary N) is 2. The first-order chi connectivity index (χ1) is 12.3. The second kappa shape index (κ2) is 5.70. The maximum absolute atomic E-state index is 11.8. The van der Waals surface area contributed by atoms with Gasteiger partial charge in [-0.25, -0.2) is 0 Å². The molecule has 2 aromatic carbocycles. The fourth-order valence-electron chi connectivity index (χ4n) is 3.18. The summed E-state index contributed by atoms with van der Waals surface area (Å²) >= 11 is 1.63. The second-order valence-electron chi connectivity index (χ2n) is 6.58. The Bertz CT molecular complexity index is 1090. The van der Waals surface area contributed by atoms with Gasteiger partial charge in [0.05, 0.1) is 12.2 Å². The average Bonchev–Trinajstić information content (AvgIpc) is 3.30. The van der Waals surface area contributed by atoms with Gasteiger partial charge in [0.1, 0.15) is 4.83 Å². The van der Waals surface area contributed by atoms with Gasteiger partial charge >= 0.3 is 0 Å². The summed E-state index contributed by atoms with van der Waals surface area (Å²) in [5.74, 6) is 0.431. The molecule has 1 amide bonds. The molecule has 0 bridgehead atoms. The monoisotopic (exact) mass is 347 g/mol. The summed E-state index contributed by atoms with van der Waals surface area (Å²) in [7, 11) is 0. The Morgan fingerprint density at radius 2 is 2.00 bits per heavy atom. The van der Waals surface area contributed by atoms with E-state index < -0.39 is 0 Å². The second-order valence-corrected chi connectivity index (χ2v) is 7.70. The molecule has 1 aliphatic rings. The third-order valence-electron chi connectivity index (χ3n) is 4.73. The molecule has 5 rings (SSSR count). The van der Waals surface area contributed by atoms with Crippen LogP contribution in [0.4, 0.5) is 0 Å². The van der Waals surface area contributed by atoms with Crippen molar-refractivity contribution in [2.24, 2.45) is 5.92 Å². The molecule has 0 atom stereocenters. The maximum Gasteiger partial charge on any atom is 0.223 e. The van der Waals surface area contributed by atoms with Crippen molar-refractivity contribution < 1.29 is 4.79 Å². The van der Waals surface area contributed by atoms with E-state index in [1.54, 1.807) is 11.3 Å². The molecule has 4 aromatic rings. The largest absolute Gasteiger partial charge is 0.351 e. The summed E-state index contributed by atoms with van der Waals surface area (Å²) in [4.78, 5) is 13.9. The smallest absolute Gasteiger partial charge is 0.223 e. The van der Waals surface area contributed by atoms with E-state index >= 15 is 0 Å². The van der Waals surface area contributed by atoms with Crippen LogP contribution < -0.4 is 5.32 Å². The summed E-state index contributed by atoms with van der Waals surface area (Å²) < 4.78 is 0. The normalized spacial score (nSPS) is 14.2. The topological polar surface area (TPSA) is 57.8 Å². The Morgan fingerprint density at radius 3 is 2.84 bits per heavy atom.